The second kappa shape index (κ2) is 16.7. The van der Waals surface area contributed by atoms with Gasteiger partial charge in [0.15, 0.2) is 5.78 Å². The molecule has 8 heteroatoms. The van der Waals surface area contributed by atoms with Gasteiger partial charge in [0.1, 0.15) is 18.8 Å². The van der Waals surface area contributed by atoms with Gasteiger partial charge in [0, 0.05) is 25.7 Å². The highest BCUT2D eigenvalue weighted by atomic mass is 16.6. The van der Waals surface area contributed by atoms with Crippen LogP contribution in [0.1, 0.15) is 125 Å². The second-order valence-corrected chi connectivity index (χ2v) is 17.4. The van der Waals surface area contributed by atoms with Crippen LogP contribution in [0.3, 0.4) is 0 Å². The fraction of sp³-hybridized carbons (Fsp3) is 0.721. The number of carbonyl (C=O) groups excluding carboxylic acids is 4. The van der Waals surface area contributed by atoms with Gasteiger partial charge < -0.3 is 19.5 Å². The third kappa shape index (κ3) is 9.08. The number of esters is 2. The zero-order chi connectivity index (χ0) is 36.9. The van der Waals surface area contributed by atoms with E-state index in [-0.39, 0.29) is 54.4 Å². The van der Waals surface area contributed by atoms with E-state index < -0.39 is 18.0 Å². The molecule has 51 heavy (non-hydrogen) atoms. The van der Waals surface area contributed by atoms with Crippen molar-refractivity contribution >= 4 is 23.8 Å². The smallest absolute Gasteiger partial charge is 0.407 e. The van der Waals surface area contributed by atoms with Gasteiger partial charge in [-0.25, -0.2) is 4.79 Å². The van der Waals surface area contributed by atoms with Crippen LogP contribution in [0.15, 0.2) is 42.0 Å². The zero-order valence-electron chi connectivity index (χ0n) is 32.2. The molecule has 282 valence electrons. The lowest BCUT2D eigenvalue weighted by Gasteiger charge is -2.59. The van der Waals surface area contributed by atoms with Crippen LogP contribution in [0.4, 0.5) is 4.79 Å². The van der Waals surface area contributed by atoms with E-state index in [2.05, 4.69) is 46.0 Å². The second-order valence-electron chi connectivity index (χ2n) is 17.4. The lowest BCUT2D eigenvalue weighted by Crippen LogP contribution is -2.55. The molecule has 4 aliphatic carbocycles. The maximum atomic E-state index is 13.2. The molecule has 1 N–H and O–H groups in total. The number of amides is 1. The molecule has 0 heterocycles. The summed E-state index contributed by atoms with van der Waals surface area (Å²) in [4.78, 5) is 50.4. The molecule has 8 nitrogen and oxygen atoms in total. The molecule has 4 aliphatic rings. The Morgan fingerprint density at radius 1 is 0.902 bits per heavy atom. The van der Waals surface area contributed by atoms with Crippen molar-refractivity contribution in [2.45, 2.75) is 138 Å². The van der Waals surface area contributed by atoms with Gasteiger partial charge in [0.05, 0.1) is 12.5 Å². The van der Waals surface area contributed by atoms with Gasteiger partial charge >= 0.3 is 18.0 Å². The van der Waals surface area contributed by atoms with Crippen LogP contribution < -0.4 is 5.32 Å². The van der Waals surface area contributed by atoms with Crippen molar-refractivity contribution in [2.24, 2.45) is 52.3 Å². The maximum Gasteiger partial charge on any atom is 0.407 e. The molecule has 3 saturated carbocycles. The standard InChI is InChI=1S/C43H63NO7/c1-27(2)12-11-13-28(3)35-16-17-36-39-37(19-21-43(35,36)7)42(6)20-18-34(23-32(42)24-38(39)50-30(5)45)51-40(47)29(4)22-33(46)25-44-41(48)49-26-31-14-9-8-10-15-31/h8-10,14-15,24,27-29,34-39H,11-13,16-23,25-26H2,1-7H3,(H,44,48). The van der Waals surface area contributed by atoms with Gasteiger partial charge in [-0.1, -0.05) is 96.7 Å². The summed E-state index contributed by atoms with van der Waals surface area (Å²) in [5, 5.41) is 2.48. The van der Waals surface area contributed by atoms with Crippen molar-refractivity contribution in [3.63, 3.8) is 0 Å². The molecule has 0 radical (unpaired) electrons. The summed E-state index contributed by atoms with van der Waals surface area (Å²) < 4.78 is 17.4. The quantitative estimate of drug-likeness (QED) is 0.117. The summed E-state index contributed by atoms with van der Waals surface area (Å²) in [6.07, 6.45) is 12.0. The summed E-state index contributed by atoms with van der Waals surface area (Å²) in [5.74, 6) is 1.89. The van der Waals surface area contributed by atoms with Crippen molar-refractivity contribution in [3.8, 4) is 0 Å². The molecule has 0 saturated heterocycles. The Morgan fingerprint density at radius 2 is 1.65 bits per heavy atom. The first-order valence-electron chi connectivity index (χ1n) is 19.8. The van der Waals surface area contributed by atoms with Gasteiger partial charge in [-0.05, 0) is 90.6 Å². The number of fused-ring (bicyclic) bond motifs is 5. The number of ketones is 1. The Hall–Kier alpha value is -3.16. The van der Waals surface area contributed by atoms with Crippen LogP contribution in [0.5, 0.6) is 0 Å². The molecule has 3 fully saturated rings. The van der Waals surface area contributed by atoms with Crippen LogP contribution in [0.25, 0.3) is 0 Å². The van der Waals surface area contributed by atoms with Crippen LogP contribution in [-0.2, 0) is 35.2 Å². The Bertz CT molecular complexity index is 1420. The number of rotatable bonds is 14. The first kappa shape index (κ1) is 39.1. The molecule has 10 unspecified atom stereocenters. The van der Waals surface area contributed by atoms with Crippen molar-refractivity contribution in [1.29, 1.82) is 0 Å². The summed E-state index contributed by atoms with van der Waals surface area (Å²) in [6, 6.07) is 9.31. The predicted molar refractivity (Wildman–Crippen MR) is 197 cm³/mol. The summed E-state index contributed by atoms with van der Waals surface area (Å²) in [6.45, 7) is 15.2. The number of benzene rings is 1. The molecular formula is C43H63NO7. The number of nitrogens with one attached hydrogen (secondary N) is 1. The molecule has 0 aromatic heterocycles. The van der Waals surface area contributed by atoms with E-state index in [1.54, 1.807) is 6.92 Å². The molecule has 5 rings (SSSR count). The van der Waals surface area contributed by atoms with E-state index >= 15 is 0 Å². The van der Waals surface area contributed by atoms with Crippen molar-refractivity contribution in [1.82, 2.24) is 5.32 Å². The first-order valence-corrected chi connectivity index (χ1v) is 19.8. The minimum Gasteiger partial charge on any atom is -0.462 e. The number of hydrogen-bond acceptors (Lipinski definition) is 7. The average molecular weight is 706 g/mol. The molecule has 10 atom stereocenters. The lowest BCUT2D eigenvalue weighted by atomic mass is 9.46. The monoisotopic (exact) mass is 705 g/mol. The van der Waals surface area contributed by atoms with E-state index in [1.165, 1.54) is 51.0 Å². The number of Topliss-reactive ketones (excluding diaryl/α,β-unsaturated/α-hetero) is 1. The molecule has 1 amide bonds. The molecule has 0 bridgehead atoms. The van der Waals surface area contributed by atoms with Crippen LogP contribution >= 0.6 is 0 Å². The minimum atomic E-state index is -0.676. The first-order chi connectivity index (χ1) is 24.2. The number of hydrogen-bond donors (Lipinski definition) is 1. The van der Waals surface area contributed by atoms with Crippen LogP contribution in [0, 0.1) is 52.3 Å². The van der Waals surface area contributed by atoms with E-state index in [1.807, 2.05) is 30.3 Å². The van der Waals surface area contributed by atoms with Gasteiger partial charge in [0.2, 0.25) is 0 Å². The summed E-state index contributed by atoms with van der Waals surface area (Å²) in [7, 11) is 0. The Labute approximate surface area is 306 Å². The molecular weight excluding hydrogens is 642 g/mol. The zero-order valence-corrected chi connectivity index (χ0v) is 32.2. The fourth-order valence-electron chi connectivity index (χ4n) is 10.7. The molecule has 0 aliphatic heterocycles. The van der Waals surface area contributed by atoms with Crippen LogP contribution in [-0.4, -0.2) is 42.6 Å². The highest BCUT2D eigenvalue weighted by Gasteiger charge is 2.62. The highest BCUT2D eigenvalue weighted by Crippen LogP contribution is 2.67. The Kier molecular flexibility index (Phi) is 12.8. The number of ether oxygens (including phenoxy) is 3. The maximum absolute atomic E-state index is 13.2. The van der Waals surface area contributed by atoms with Crippen molar-refractivity contribution in [3.05, 3.63) is 47.5 Å². The van der Waals surface area contributed by atoms with Crippen molar-refractivity contribution < 1.29 is 33.4 Å². The van der Waals surface area contributed by atoms with Crippen LogP contribution in [0.2, 0.25) is 0 Å². The van der Waals surface area contributed by atoms with Gasteiger partial charge in [0.25, 0.3) is 0 Å². The molecule has 1 aromatic rings. The third-order valence-electron chi connectivity index (χ3n) is 13.4. The van der Waals surface area contributed by atoms with Gasteiger partial charge in [-0.3, -0.25) is 14.4 Å². The third-order valence-corrected chi connectivity index (χ3v) is 13.4. The summed E-state index contributed by atoms with van der Waals surface area (Å²) in [5.41, 5.74) is 2.35. The number of alkyl carbamates (subject to hydrolysis) is 1. The highest BCUT2D eigenvalue weighted by molar-refractivity contribution is 5.87. The topological polar surface area (TPSA) is 108 Å². The van der Waals surface area contributed by atoms with E-state index in [0.717, 1.165) is 30.7 Å². The SMILES string of the molecule is CC(=O)OC1C=C2CC(OC(=O)C(C)CC(=O)CNC(=O)OCc3ccccc3)CCC2(C)C2CCC3(C)C(C(C)CCCC(C)C)CCC3C12. The Morgan fingerprint density at radius 3 is 2.35 bits per heavy atom. The fourth-order valence-corrected chi connectivity index (χ4v) is 10.7. The van der Waals surface area contributed by atoms with E-state index in [0.29, 0.717) is 36.0 Å². The predicted octanol–water partition coefficient (Wildman–Crippen LogP) is 9.00. The normalized spacial score (nSPS) is 32.4. The molecule has 1 aromatic carbocycles. The Balaban J connectivity index is 1.18. The average Bonchev–Trinajstić information content (AvgIpc) is 3.44. The van der Waals surface area contributed by atoms with Gasteiger partial charge in [-0.15, -0.1) is 0 Å². The van der Waals surface area contributed by atoms with E-state index in [9.17, 15) is 19.2 Å². The van der Waals surface area contributed by atoms with Crippen molar-refractivity contribution in [2.75, 3.05) is 6.54 Å². The van der Waals surface area contributed by atoms with E-state index in [4.69, 9.17) is 14.2 Å². The lowest BCUT2D eigenvalue weighted by molar-refractivity contribution is -0.161. The summed E-state index contributed by atoms with van der Waals surface area (Å²) >= 11 is 0. The number of carbonyl (C=O) groups is 4. The van der Waals surface area contributed by atoms with Gasteiger partial charge in [-0.2, -0.15) is 0 Å². The largest absolute Gasteiger partial charge is 0.462 e. The minimum absolute atomic E-state index is 0.0190. The molecule has 0 spiro atoms.